The molecule has 1 aromatic heterocycles. The molecule has 1 N–H and O–H groups in total. The van der Waals surface area contributed by atoms with E-state index in [1.54, 1.807) is 11.3 Å². The van der Waals surface area contributed by atoms with Crippen LogP contribution < -0.4 is 10.2 Å². The van der Waals surface area contributed by atoms with E-state index in [9.17, 15) is 4.79 Å². The van der Waals surface area contributed by atoms with Gasteiger partial charge in [-0.15, -0.1) is 0 Å². The molecule has 6 heteroatoms. The Morgan fingerprint density at radius 1 is 1.08 bits per heavy atom. The summed E-state index contributed by atoms with van der Waals surface area (Å²) < 4.78 is 1.25. The highest BCUT2D eigenvalue weighted by molar-refractivity contribution is 7.22. The molecular weight excluding hydrogens is 464 g/mol. The van der Waals surface area contributed by atoms with Gasteiger partial charge in [-0.25, -0.2) is 4.98 Å². The third kappa shape index (κ3) is 6.27. The average Bonchev–Trinajstić information content (AvgIpc) is 3.33. The number of piperidine rings is 2. The van der Waals surface area contributed by atoms with Gasteiger partial charge in [-0.05, 0) is 101 Å². The van der Waals surface area contributed by atoms with Crippen molar-refractivity contribution in [3.8, 4) is 0 Å². The molecular formula is C30H40N4OS. The molecule has 2 aliphatic heterocycles. The van der Waals surface area contributed by atoms with Crippen molar-refractivity contribution in [2.75, 3.05) is 44.2 Å². The van der Waals surface area contributed by atoms with Crippen molar-refractivity contribution in [1.82, 2.24) is 15.2 Å². The van der Waals surface area contributed by atoms with Gasteiger partial charge in [0.15, 0.2) is 5.13 Å². The van der Waals surface area contributed by atoms with Crippen molar-refractivity contribution in [3.05, 3.63) is 59.2 Å². The van der Waals surface area contributed by atoms with E-state index in [0.717, 1.165) is 62.0 Å². The number of carbonyl (C=O) groups excluding carboxylic acids is 1. The minimum Gasteiger partial charge on any atom is -0.356 e. The monoisotopic (exact) mass is 504 g/mol. The van der Waals surface area contributed by atoms with Crippen LogP contribution in [-0.4, -0.2) is 55.1 Å². The Morgan fingerprint density at radius 3 is 2.69 bits per heavy atom. The second kappa shape index (κ2) is 11.7. The van der Waals surface area contributed by atoms with Crippen molar-refractivity contribution >= 4 is 32.6 Å². The van der Waals surface area contributed by atoms with Crippen molar-refractivity contribution in [3.63, 3.8) is 0 Å². The van der Waals surface area contributed by atoms with Crippen LogP contribution in [0.15, 0.2) is 42.5 Å². The van der Waals surface area contributed by atoms with Crippen LogP contribution in [0.2, 0.25) is 0 Å². The van der Waals surface area contributed by atoms with Crippen molar-refractivity contribution in [2.24, 2.45) is 11.8 Å². The summed E-state index contributed by atoms with van der Waals surface area (Å²) in [6.07, 6.45) is 6.82. The van der Waals surface area contributed by atoms with Crippen LogP contribution in [0.5, 0.6) is 0 Å². The van der Waals surface area contributed by atoms with E-state index in [4.69, 9.17) is 4.98 Å². The molecule has 0 spiro atoms. The predicted molar refractivity (Wildman–Crippen MR) is 151 cm³/mol. The molecule has 1 amide bonds. The molecule has 5 rings (SSSR count). The third-order valence-electron chi connectivity index (χ3n) is 7.91. The molecule has 0 bridgehead atoms. The van der Waals surface area contributed by atoms with Gasteiger partial charge in [0.05, 0.1) is 16.1 Å². The van der Waals surface area contributed by atoms with Crippen LogP contribution in [0.4, 0.5) is 5.13 Å². The summed E-state index contributed by atoms with van der Waals surface area (Å²) in [5, 5.41) is 4.30. The number of likely N-dealkylation sites (tertiary alicyclic amines) is 1. The Labute approximate surface area is 219 Å². The van der Waals surface area contributed by atoms with E-state index >= 15 is 0 Å². The van der Waals surface area contributed by atoms with Gasteiger partial charge >= 0.3 is 0 Å². The summed E-state index contributed by atoms with van der Waals surface area (Å²) in [4.78, 5) is 22.8. The Morgan fingerprint density at radius 2 is 1.89 bits per heavy atom. The van der Waals surface area contributed by atoms with Gasteiger partial charge in [0.2, 0.25) is 5.91 Å². The summed E-state index contributed by atoms with van der Waals surface area (Å²) in [5.41, 5.74) is 5.09. The smallest absolute Gasteiger partial charge is 0.224 e. The first-order chi connectivity index (χ1) is 17.5. The molecule has 3 heterocycles. The molecule has 2 saturated heterocycles. The second-order valence-corrected chi connectivity index (χ2v) is 11.8. The molecule has 192 valence electrons. The average molecular weight is 505 g/mol. The molecule has 1 atom stereocenters. The lowest BCUT2D eigenvalue weighted by Crippen LogP contribution is -2.43. The number of rotatable bonds is 8. The molecule has 2 aliphatic rings. The minimum atomic E-state index is 0.0577. The number of benzene rings is 2. The first-order valence-corrected chi connectivity index (χ1v) is 14.5. The van der Waals surface area contributed by atoms with E-state index in [1.807, 2.05) is 0 Å². The number of thiazole rings is 1. The lowest BCUT2D eigenvalue weighted by Gasteiger charge is -2.32. The van der Waals surface area contributed by atoms with Gasteiger partial charge in [0.25, 0.3) is 0 Å². The molecule has 2 fully saturated rings. The van der Waals surface area contributed by atoms with Gasteiger partial charge < -0.3 is 15.1 Å². The summed E-state index contributed by atoms with van der Waals surface area (Å²) in [7, 11) is 0. The molecule has 1 unspecified atom stereocenters. The Kier molecular flexibility index (Phi) is 8.22. The number of hydrogen-bond acceptors (Lipinski definition) is 5. The van der Waals surface area contributed by atoms with Crippen molar-refractivity contribution in [1.29, 1.82) is 0 Å². The fourth-order valence-electron chi connectivity index (χ4n) is 5.88. The normalized spacial score (nSPS) is 19.6. The van der Waals surface area contributed by atoms with Gasteiger partial charge in [-0.1, -0.05) is 47.7 Å². The first kappa shape index (κ1) is 25.2. The summed E-state index contributed by atoms with van der Waals surface area (Å²) >= 11 is 1.76. The number of anilines is 1. The van der Waals surface area contributed by atoms with E-state index in [-0.39, 0.29) is 11.8 Å². The van der Waals surface area contributed by atoms with Gasteiger partial charge in [0.1, 0.15) is 0 Å². The fraction of sp³-hybridized carbons (Fsp3) is 0.533. The minimum absolute atomic E-state index is 0.0577. The zero-order valence-corrected chi connectivity index (χ0v) is 22.7. The number of carbonyl (C=O) groups is 1. The molecule has 3 aromatic rings. The first-order valence-electron chi connectivity index (χ1n) is 13.7. The van der Waals surface area contributed by atoms with Crippen LogP contribution in [0.25, 0.3) is 10.2 Å². The van der Waals surface area contributed by atoms with Gasteiger partial charge in [-0.3, -0.25) is 4.79 Å². The summed E-state index contributed by atoms with van der Waals surface area (Å²) in [6, 6.07) is 15.3. The molecule has 0 saturated carbocycles. The zero-order chi connectivity index (χ0) is 24.9. The number of amides is 1. The number of nitrogens with zero attached hydrogens (tertiary/aromatic N) is 3. The third-order valence-corrected chi connectivity index (χ3v) is 8.97. The Hall–Kier alpha value is -2.44. The molecule has 0 radical (unpaired) electrons. The van der Waals surface area contributed by atoms with Crippen LogP contribution in [0.3, 0.4) is 0 Å². The predicted octanol–water partition coefficient (Wildman–Crippen LogP) is 5.59. The highest BCUT2D eigenvalue weighted by atomic mass is 32.1. The lowest BCUT2D eigenvalue weighted by atomic mass is 9.90. The maximum atomic E-state index is 12.9. The fourth-order valence-corrected chi connectivity index (χ4v) is 7.06. The number of nitrogens with one attached hydrogen (secondary N) is 1. The number of aryl methyl sites for hydroxylation is 2. The van der Waals surface area contributed by atoms with E-state index in [2.05, 4.69) is 71.4 Å². The van der Waals surface area contributed by atoms with Crippen LogP contribution >= 0.6 is 11.3 Å². The van der Waals surface area contributed by atoms with E-state index < -0.39 is 0 Å². The topological polar surface area (TPSA) is 48.5 Å². The highest BCUT2D eigenvalue weighted by Crippen LogP contribution is 2.33. The van der Waals surface area contributed by atoms with Crippen LogP contribution in [0, 0.1) is 25.7 Å². The molecule has 0 aliphatic carbocycles. The quantitative estimate of drug-likeness (QED) is 0.406. The van der Waals surface area contributed by atoms with Gasteiger partial charge in [0, 0.05) is 19.6 Å². The van der Waals surface area contributed by atoms with E-state index in [0.29, 0.717) is 0 Å². The lowest BCUT2D eigenvalue weighted by molar-refractivity contribution is -0.125. The maximum absolute atomic E-state index is 12.9. The Bertz CT molecular complexity index is 1150. The number of aromatic nitrogens is 1. The van der Waals surface area contributed by atoms with Crippen LogP contribution in [-0.2, 0) is 11.2 Å². The zero-order valence-electron chi connectivity index (χ0n) is 21.8. The molecule has 5 nitrogen and oxygen atoms in total. The number of hydrogen-bond donors (Lipinski definition) is 1. The van der Waals surface area contributed by atoms with E-state index in [1.165, 1.54) is 53.7 Å². The standard InChI is InChI=1S/C30H40N4OS/c1-22-18-23(2)28-27(19-22)36-30(32-28)34-15-6-10-26(21-34)29(35)31-13-7-14-33-16-11-25(12-17-33)20-24-8-4-3-5-9-24/h3-5,8-9,18-19,25-26H,6-7,10-17,20-21H2,1-2H3,(H,31,35). The van der Waals surface area contributed by atoms with Gasteiger partial charge in [-0.2, -0.15) is 0 Å². The Balaban J connectivity index is 1.03. The second-order valence-electron chi connectivity index (χ2n) is 10.8. The number of fused-ring (bicyclic) bond motifs is 1. The summed E-state index contributed by atoms with van der Waals surface area (Å²) in [6.45, 7) is 10.3. The molecule has 2 aromatic carbocycles. The van der Waals surface area contributed by atoms with Crippen molar-refractivity contribution < 1.29 is 4.79 Å². The van der Waals surface area contributed by atoms with Crippen molar-refractivity contribution in [2.45, 2.75) is 52.4 Å². The van der Waals surface area contributed by atoms with Crippen LogP contribution in [0.1, 0.15) is 48.8 Å². The SMILES string of the molecule is Cc1cc(C)c2nc(N3CCCC(C(=O)NCCCN4CCC(Cc5ccccc5)CC4)C3)sc2c1. The largest absolute Gasteiger partial charge is 0.356 e. The molecule has 36 heavy (non-hydrogen) atoms. The summed E-state index contributed by atoms with van der Waals surface area (Å²) in [5.74, 6) is 1.08. The highest BCUT2D eigenvalue weighted by Gasteiger charge is 2.27. The maximum Gasteiger partial charge on any atom is 0.224 e.